The van der Waals surface area contributed by atoms with Crippen molar-refractivity contribution in [3.05, 3.63) is 35.4 Å². The molecule has 126 valence electrons. The molecule has 1 N–H and O–H groups in total. The Labute approximate surface area is 133 Å². The topological polar surface area (TPSA) is 32.3 Å². The van der Waals surface area contributed by atoms with Crippen molar-refractivity contribution in [2.45, 2.75) is 56.9 Å². The molecule has 0 radical (unpaired) electrons. The molecule has 1 aromatic carbocycles. The zero-order valence-corrected chi connectivity index (χ0v) is 12.9. The van der Waals surface area contributed by atoms with E-state index in [1.807, 2.05) is 4.90 Å². The number of carbonyl (C=O) groups excluding carboxylic acids is 1. The van der Waals surface area contributed by atoms with Crippen molar-refractivity contribution >= 4 is 5.91 Å². The number of carbonyl (C=O) groups is 1. The van der Waals surface area contributed by atoms with Crippen molar-refractivity contribution in [3.63, 3.8) is 0 Å². The fourth-order valence-electron chi connectivity index (χ4n) is 3.06. The summed E-state index contributed by atoms with van der Waals surface area (Å²) in [6.07, 6.45) is 0.259. The number of alkyl halides is 3. The van der Waals surface area contributed by atoms with Crippen LogP contribution in [0.15, 0.2) is 24.3 Å². The van der Waals surface area contributed by atoms with Gasteiger partial charge in [-0.3, -0.25) is 4.79 Å². The van der Waals surface area contributed by atoms with Crippen LogP contribution in [-0.2, 0) is 17.5 Å². The Bertz CT molecular complexity index is 546. The molecule has 1 aliphatic carbocycles. The molecule has 23 heavy (non-hydrogen) atoms. The number of amides is 1. The lowest BCUT2D eigenvalue weighted by atomic mass is 10.1. The minimum absolute atomic E-state index is 0.104. The number of nitrogens with zero attached hydrogens (tertiary/aromatic N) is 1. The van der Waals surface area contributed by atoms with Crippen LogP contribution in [0.25, 0.3) is 0 Å². The van der Waals surface area contributed by atoms with Crippen molar-refractivity contribution < 1.29 is 18.0 Å². The smallest absolute Gasteiger partial charge is 0.335 e. The summed E-state index contributed by atoms with van der Waals surface area (Å²) in [5, 5.41) is 3.32. The van der Waals surface area contributed by atoms with Crippen LogP contribution in [-0.4, -0.2) is 29.4 Å². The van der Waals surface area contributed by atoms with Gasteiger partial charge in [0, 0.05) is 25.0 Å². The summed E-state index contributed by atoms with van der Waals surface area (Å²) in [5.74, 6) is 0.104. The van der Waals surface area contributed by atoms with Gasteiger partial charge in [0.05, 0.1) is 5.56 Å². The van der Waals surface area contributed by atoms with Gasteiger partial charge in [-0.05, 0) is 49.9 Å². The maximum absolute atomic E-state index is 12.6. The number of rotatable bonds is 5. The maximum atomic E-state index is 12.6. The highest BCUT2D eigenvalue weighted by atomic mass is 19.4. The van der Waals surface area contributed by atoms with Crippen molar-refractivity contribution in [1.29, 1.82) is 0 Å². The van der Waals surface area contributed by atoms with E-state index in [0.717, 1.165) is 49.9 Å². The van der Waals surface area contributed by atoms with E-state index in [2.05, 4.69) is 5.32 Å². The lowest BCUT2D eigenvalue weighted by molar-refractivity contribution is -0.137. The molecule has 1 amide bonds. The number of hydrogen-bond donors (Lipinski definition) is 1. The van der Waals surface area contributed by atoms with Crippen molar-refractivity contribution in [2.75, 3.05) is 6.54 Å². The van der Waals surface area contributed by atoms with Crippen molar-refractivity contribution in [3.8, 4) is 0 Å². The molecular weight excluding hydrogens is 305 g/mol. The first-order valence-electron chi connectivity index (χ1n) is 8.12. The average Bonchev–Trinajstić information content (AvgIpc) is 3.21. The van der Waals surface area contributed by atoms with Gasteiger partial charge in [0.15, 0.2) is 0 Å². The highest BCUT2D eigenvalue weighted by molar-refractivity contribution is 5.77. The second kappa shape index (κ2) is 6.51. The van der Waals surface area contributed by atoms with E-state index in [1.54, 1.807) is 0 Å². The van der Waals surface area contributed by atoms with Crippen LogP contribution in [0.2, 0.25) is 0 Å². The van der Waals surface area contributed by atoms with E-state index in [-0.39, 0.29) is 18.0 Å². The highest BCUT2D eigenvalue weighted by Gasteiger charge is 2.34. The summed E-state index contributed by atoms with van der Waals surface area (Å²) in [4.78, 5) is 14.4. The third kappa shape index (κ3) is 4.25. The van der Waals surface area contributed by atoms with Gasteiger partial charge in [0.1, 0.15) is 0 Å². The minimum Gasteiger partial charge on any atom is -0.335 e. The van der Waals surface area contributed by atoms with Gasteiger partial charge in [-0.15, -0.1) is 0 Å². The summed E-state index contributed by atoms with van der Waals surface area (Å²) < 4.78 is 37.8. The fraction of sp³-hybridized carbons (Fsp3) is 0.588. The molecule has 1 saturated carbocycles. The summed E-state index contributed by atoms with van der Waals surface area (Å²) >= 11 is 0. The van der Waals surface area contributed by atoms with E-state index in [4.69, 9.17) is 0 Å². The first kappa shape index (κ1) is 16.3. The van der Waals surface area contributed by atoms with E-state index in [9.17, 15) is 18.0 Å². The third-order valence-corrected chi connectivity index (χ3v) is 4.53. The Kier molecular flexibility index (Phi) is 4.62. The van der Waals surface area contributed by atoms with Gasteiger partial charge >= 0.3 is 6.18 Å². The molecule has 1 heterocycles. The number of nitrogens with one attached hydrogen (secondary N) is 1. The van der Waals surface area contributed by atoms with E-state index >= 15 is 0 Å². The first-order valence-corrected chi connectivity index (χ1v) is 8.12. The Hall–Kier alpha value is -1.56. The number of benzene rings is 1. The molecule has 1 aromatic rings. The standard InChI is InChI=1S/C17H21F3N2O/c18-17(19,20)13-5-3-12(4-6-13)11-22(15-7-8-15)16(23)10-14-2-1-9-21-14/h3-6,14-15,21H,1-2,7-11H2. The molecule has 0 bridgehead atoms. The first-order chi connectivity index (χ1) is 10.9. The second-order valence-corrected chi connectivity index (χ2v) is 6.44. The molecule has 1 saturated heterocycles. The van der Waals surface area contributed by atoms with Crippen LogP contribution < -0.4 is 5.32 Å². The van der Waals surface area contributed by atoms with Crippen LogP contribution in [0, 0.1) is 0 Å². The SMILES string of the molecule is O=C(CC1CCCN1)N(Cc1ccc(C(F)(F)F)cc1)C1CC1. The Morgan fingerprint density at radius 1 is 1.17 bits per heavy atom. The van der Waals surface area contributed by atoms with Gasteiger partial charge in [-0.25, -0.2) is 0 Å². The fourth-order valence-corrected chi connectivity index (χ4v) is 3.06. The summed E-state index contributed by atoms with van der Waals surface area (Å²) in [6, 6.07) is 5.62. The van der Waals surface area contributed by atoms with Crippen LogP contribution in [0.5, 0.6) is 0 Å². The largest absolute Gasteiger partial charge is 0.416 e. The molecule has 2 fully saturated rings. The molecule has 3 nitrogen and oxygen atoms in total. The molecule has 1 unspecified atom stereocenters. The number of hydrogen-bond acceptors (Lipinski definition) is 2. The van der Waals surface area contributed by atoms with E-state index in [1.165, 1.54) is 12.1 Å². The third-order valence-electron chi connectivity index (χ3n) is 4.53. The predicted octanol–water partition coefficient (Wildman–Crippen LogP) is 3.34. The Balaban J connectivity index is 1.64. The normalized spacial score (nSPS) is 21.4. The highest BCUT2D eigenvalue weighted by Crippen LogP contribution is 2.31. The van der Waals surface area contributed by atoms with E-state index < -0.39 is 11.7 Å². The molecule has 1 atom stereocenters. The van der Waals surface area contributed by atoms with Crippen molar-refractivity contribution in [1.82, 2.24) is 10.2 Å². The maximum Gasteiger partial charge on any atom is 0.416 e. The van der Waals surface area contributed by atoms with Gasteiger partial charge in [0.25, 0.3) is 0 Å². The zero-order valence-electron chi connectivity index (χ0n) is 12.9. The second-order valence-electron chi connectivity index (χ2n) is 6.44. The molecular formula is C17H21F3N2O. The monoisotopic (exact) mass is 326 g/mol. The Morgan fingerprint density at radius 2 is 1.87 bits per heavy atom. The van der Waals surface area contributed by atoms with Crippen molar-refractivity contribution in [2.24, 2.45) is 0 Å². The van der Waals surface area contributed by atoms with Crippen LogP contribution in [0.3, 0.4) is 0 Å². The summed E-state index contributed by atoms with van der Waals surface area (Å²) in [7, 11) is 0. The summed E-state index contributed by atoms with van der Waals surface area (Å²) in [6.45, 7) is 1.36. The van der Waals surface area contributed by atoms with Gasteiger partial charge in [0.2, 0.25) is 5.91 Å². The lowest BCUT2D eigenvalue weighted by Gasteiger charge is -2.24. The molecule has 6 heteroatoms. The van der Waals surface area contributed by atoms with E-state index in [0.29, 0.717) is 13.0 Å². The predicted molar refractivity (Wildman–Crippen MR) is 80.7 cm³/mol. The summed E-state index contributed by atoms with van der Waals surface area (Å²) in [5.41, 5.74) is 0.0957. The molecule has 0 aromatic heterocycles. The Morgan fingerprint density at radius 3 is 2.39 bits per heavy atom. The minimum atomic E-state index is -4.32. The average molecular weight is 326 g/mol. The van der Waals surface area contributed by atoms with Crippen LogP contribution in [0.4, 0.5) is 13.2 Å². The molecule has 3 rings (SSSR count). The zero-order chi connectivity index (χ0) is 16.4. The van der Waals surface area contributed by atoms with Gasteiger partial charge in [-0.1, -0.05) is 12.1 Å². The molecule has 2 aliphatic rings. The van der Waals surface area contributed by atoms with Gasteiger partial charge in [-0.2, -0.15) is 13.2 Å². The lowest BCUT2D eigenvalue weighted by Crippen LogP contribution is -2.37. The van der Waals surface area contributed by atoms with Crippen LogP contribution in [0.1, 0.15) is 43.2 Å². The number of halogens is 3. The molecule has 0 spiro atoms. The van der Waals surface area contributed by atoms with Crippen LogP contribution >= 0.6 is 0 Å². The quantitative estimate of drug-likeness (QED) is 0.900. The molecule has 1 aliphatic heterocycles. The van der Waals surface area contributed by atoms with Gasteiger partial charge < -0.3 is 10.2 Å².